The first kappa shape index (κ1) is 12.5. The van der Waals surface area contributed by atoms with E-state index in [0.29, 0.717) is 5.56 Å². The standard InChI is InChI=1S/C12H12F2N2O2/c13-9-1-7(2-10(14)4-9)5-16-6-8(12(15)18)3-11(16)17/h1-2,4,8H,3,5-6H2,(H2,15,18). The minimum Gasteiger partial charge on any atom is -0.369 e. The van der Waals surface area contributed by atoms with Gasteiger partial charge in [-0.2, -0.15) is 0 Å². The fraction of sp³-hybridized carbons (Fsp3) is 0.333. The van der Waals surface area contributed by atoms with Gasteiger partial charge >= 0.3 is 0 Å². The van der Waals surface area contributed by atoms with E-state index in [1.165, 1.54) is 4.90 Å². The molecule has 96 valence electrons. The van der Waals surface area contributed by atoms with E-state index in [1.807, 2.05) is 0 Å². The molecule has 1 atom stereocenters. The first-order valence-corrected chi connectivity index (χ1v) is 5.48. The molecule has 0 saturated carbocycles. The number of halogens is 2. The molecule has 1 fully saturated rings. The Kier molecular flexibility index (Phi) is 3.27. The number of hydrogen-bond acceptors (Lipinski definition) is 2. The summed E-state index contributed by atoms with van der Waals surface area (Å²) in [4.78, 5) is 23.9. The first-order chi connectivity index (χ1) is 8.45. The molecule has 1 aliphatic heterocycles. The van der Waals surface area contributed by atoms with Gasteiger partial charge in [-0.3, -0.25) is 9.59 Å². The molecule has 18 heavy (non-hydrogen) atoms. The molecular weight excluding hydrogens is 242 g/mol. The van der Waals surface area contributed by atoms with Crippen LogP contribution in [0.4, 0.5) is 8.78 Å². The number of carbonyl (C=O) groups excluding carboxylic acids is 2. The van der Waals surface area contributed by atoms with Crippen LogP contribution in [0.1, 0.15) is 12.0 Å². The molecule has 1 aromatic rings. The lowest BCUT2D eigenvalue weighted by molar-refractivity contribution is -0.128. The van der Waals surface area contributed by atoms with Crippen molar-refractivity contribution in [2.75, 3.05) is 6.54 Å². The summed E-state index contributed by atoms with van der Waals surface area (Å²) in [5.41, 5.74) is 5.48. The van der Waals surface area contributed by atoms with Gasteiger partial charge in [-0.05, 0) is 17.7 Å². The zero-order valence-corrected chi connectivity index (χ0v) is 9.53. The van der Waals surface area contributed by atoms with Crippen LogP contribution in [0.3, 0.4) is 0 Å². The van der Waals surface area contributed by atoms with Crippen molar-refractivity contribution in [2.24, 2.45) is 11.7 Å². The Morgan fingerprint density at radius 3 is 2.44 bits per heavy atom. The van der Waals surface area contributed by atoms with Crippen molar-refractivity contribution < 1.29 is 18.4 Å². The third-order valence-corrected chi connectivity index (χ3v) is 2.91. The summed E-state index contributed by atoms with van der Waals surface area (Å²) in [7, 11) is 0. The van der Waals surface area contributed by atoms with Crippen LogP contribution in [0.15, 0.2) is 18.2 Å². The van der Waals surface area contributed by atoms with Gasteiger partial charge in [-0.1, -0.05) is 0 Å². The normalized spacial score (nSPS) is 19.3. The summed E-state index contributed by atoms with van der Waals surface area (Å²) >= 11 is 0. The minimum absolute atomic E-state index is 0.0626. The van der Waals surface area contributed by atoms with Crippen molar-refractivity contribution >= 4 is 11.8 Å². The topological polar surface area (TPSA) is 63.4 Å². The molecule has 2 amide bonds. The quantitative estimate of drug-likeness (QED) is 0.867. The predicted octanol–water partition coefficient (Wildman–Crippen LogP) is 0.799. The highest BCUT2D eigenvalue weighted by Gasteiger charge is 2.32. The van der Waals surface area contributed by atoms with Crippen LogP contribution in [0.25, 0.3) is 0 Å². The van der Waals surface area contributed by atoms with Crippen LogP contribution >= 0.6 is 0 Å². The van der Waals surface area contributed by atoms with E-state index in [0.717, 1.165) is 18.2 Å². The number of primary amides is 1. The summed E-state index contributed by atoms with van der Waals surface area (Å²) in [6, 6.07) is 3.09. The highest BCUT2D eigenvalue weighted by Crippen LogP contribution is 2.20. The summed E-state index contributed by atoms with van der Waals surface area (Å²) in [6.07, 6.45) is 0.0626. The molecule has 0 aromatic heterocycles. The second-order valence-electron chi connectivity index (χ2n) is 4.36. The van der Waals surface area contributed by atoms with Crippen LogP contribution in [0.5, 0.6) is 0 Å². The minimum atomic E-state index is -0.692. The summed E-state index contributed by atoms with van der Waals surface area (Å²) in [5, 5.41) is 0. The smallest absolute Gasteiger partial charge is 0.223 e. The van der Waals surface area contributed by atoms with Gasteiger partial charge in [-0.25, -0.2) is 8.78 Å². The maximum atomic E-state index is 13.0. The third-order valence-electron chi connectivity index (χ3n) is 2.91. The fourth-order valence-corrected chi connectivity index (χ4v) is 2.04. The summed E-state index contributed by atoms with van der Waals surface area (Å²) < 4.78 is 26.0. The SMILES string of the molecule is NC(=O)C1CC(=O)N(Cc2cc(F)cc(F)c2)C1. The van der Waals surface area contributed by atoms with Crippen LogP contribution in [0, 0.1) is 17.6 Å². The third kappa shape index (κ3) is 2.64. The van der Waals surface area contributed by atoms with Crippen LogP contribution in [-0.2, 0) is 16.1 Å². The highest BCUT2D eigenvalue weighted by molar-refractivity contribution is 5.88. The van der Waals surface area contributed by atoms with E-state index < -0.39 is 23.5 Å². The number of rotatable bonds is 3. The molecule has 1 aromatic carbocycles. The van der Waals surface area contributed by atoms with E-state index >= 15 is 0 Å². The molecule has 4 nitrogen and oxygen atoms in total. The Morgan fingerprint density at radius 1 is 1.33 bits per heavy atom. The van der Waals surface area contributed by atoms with E-state index in [9.17, 15) is 18.4 Å². The lowest BCUT2D eigenvalue weighted by Crippen LogP contribution is -2.28. The van der Waals surface area contributed by atoms with E-state index in [1.54, 1.807) is 0 Å². The molecule has 1 heterocycles. The number of carbonyl (C=O) groups is 2. The number of likely N-dealkylation sites (tertiary alicyclic amines) is 1. The lowest BCUT2D eigenvalue weighted by atomic mass is 10.1. The fourth-order valence-electron chi connectivity index (χ4n) is 2.04. The number of amides is 2. The van der Waals surface area contributed by atoms with Crippen LogP contribution in [0.2, 0.25) is 0 Å². The van der Waals surface area contributed by atoms with Gasteiger partial charge < -0.3 is 10.6 Å². The Morgan fingerprint density at radius 2 is 1.94 bits per heavy atom. The van der Waals surface area contributed by atoms with Crippen molar-refractivity contribution in [1.82, 2.24) is 4.90 Å². The molecule has 0 bridgehead atoms. The maximum absolute atomic E-state index is 13.0. The van der Waals surface area contributed by atoms with Crippen LogP contribution < -0.4 is 5.73 Å². The first-order valence-electron chi connectivity index (χ1n) is 5.48. The van der Waals surface area contributed by atoms with Gasteiger partial charge in [0.15, 0.2) is 0 Å². The predicted molar refractivity (Wildman–Crippen MR) is 59.1 cm³/mol. The maximum Gasteiger partial charge on any atom is 0.223 e. The zero-order valence-electron chi connectivity index (χ0n) is 9.53. The average Bonchev–Trinajstić information content (AvgIpc) is 2.59. The number of hydrogen-bond donors (Lipinski definition) is 1. The molecule has 6 heteroatoms. The molecule has 1 unspecified atom stereocenters. The Balaban J connectivity index is 2.10. The Labute approximate surface area is 102 Å². The Hall–Kier alpha value is -1.98. The van der Waals surface area contributed by atoms with Crippen molar-refractivity contribution in [1.29, 1.82) is 0 Å². The molecule has 0 radical (unpaired) electrons. The molecule has 2 N–H and O–H groups in total. The zero-order chi connectivity index (χ0) is 13.3. The molecular formula is C12H12F2N2O2. The summed E-state index contributed by atoms with van der Waals surface area (Å²) in [6.45, 7) is 0.281. The average molecular weight is 254 g/mol. The number of nitrogens with two attached hydrogens (primary N) is 1. The largest absolute Gasteiger partial charge is 0.369 e. The van der Waals surface area contributed by atoms with E-state index in [-0.39, 0.29) is 25.4 Å². The second-order valence-corrected chi connectivity index (χ2v) is 4.36. The Bertz CT molecular complexity index is 485. The van der Waals surface area contributed by atoms with Gasteiger partial charge in [0.05, 0.1) is 5.92 Å². The second kappa shape index (κ2) is 4.72. The molecule has 1 saturated heterocycles. The van der Waals surface area contributed by atoms with Crippen molar-refractivity contribution in [2.45, 2.75) is 13.0 Å². The monoisotopic (exact) mass is 254 g/mol. The van der Waals surface area contributed by atoms with Crippen molar-refractivity contribution in [3.05, 3.63) is 35.4 Å². The molecule has 2 rings (SSSR count). The van der Waals surface area contributed by atoms with Crippen LogP contribution in [-0.4, -0.2) is 23.3 Å². The molecule has 0 spiro atoms. The molecule has 0 aliphatic carbocycles. The van der Waals surface area contributed by atoms with Gasteiger partial charge in [0.25, 0.3) is 0 Å². The molecule has 1 aliphatic rings. The van der Waals surface area contributed by atoms with Gasteiger partial charge in [0.1, 0.15) is 11.6 Å². The van der Waals surface area contributed by atoms with Gasteiger partial charge in [0, 0.05) is 25.6 Å². The van der Waals surface area contributed by atoms with E-state index in [2.05, 4.69) is 0 Å². The van der Waals surface area contributed by atoms with Gasteiger partial charge in [-0.15, -0.1) is 0 Å². The summed E-state index contributed by atoms with van der Waals surface area (Å²) in [5.74, 6) is -2.66. The number of benzene rings is 1. The van der Waals surface area contributed by atoms with E-state index in [4.69, 9.17) is 5.73 Å². The number of nitrogens with zero attached hydrogens (tertiary/aromatic N) is 1. The van der Waals surface area contributed by atoms with Gasteiger partial charge in [0.2, 0.25) is 11.8 Å². The van der Waals surface area contributed by atoms with Crippen molar-refractivity contribution in [3.63, 3.8) is 0 Å². The lowest BCUT2D eigenvalue weighted by Gasteiger charge is -2.16. The van der Waals surface area contributed by atoms with Crippen molar-refractivity contribution in [3.8, 4) is 0 Å². The highest BCUT2D eigenvalue weighted by atomic mass is 19.1.